The molecule has 0 aliphatic carbocycles. The molecule has 1 aromatic heterocycles. The van der Waals surface area contributed by atoms with E-state index in [1.54, 1.807) is 0 Å². The molecule has 116 valence electrons. The first-order chi connectivity index (χ1) is 10.1. The molecule has 1 amide bonds. The van der Waals surface area contributed by atoms with Crippen LogP contribution >= 0.6 is 0 Å². The lowest BCUT2D eigenvalue weighted by atomic mass is 9.97. The molecular formula is C16H26N4O. The van der Waals surface area contributed by atoms with Gasteiger partial charge in [-0.3, -0.25) is 4.79 Å². The van der Waals surface area contributed by atoms with Crippen molar-refractivity contribution in [2.45, 2.75) is 40.0 Å². The molecule has 5 nitrogen and oxygen atoms in total. The molecule has 0 spiro atoms. The van der Waals surface area contributed by atoms with Gasteiger partial charge in [0.25, 0.3) is 5.91 Å². The van der Waals surface area contributed by atoms with E-state index in [1.807, 2.05) is 24.8 Å². The van der Waals surface area contributed by atoms with Crippen molar-refractivity contribution in [3.05, 3.63) is 23.0 Å². The van der Waals surface area contributed by atoms with E-state index in [-0.39, 0.29) is 5.91 Å². The van der Waals surface area contributed by atoms with E-state index in [1.165, 1.54) is 0 Å². The molecule has 21 heavy (non-hydrogen) atoms. The van der Waals surface area contributed by atoms with Gasteiger partial charge in [-0.25, -0.2) is 0 Å². The minimum Gasteiger partial charge on any atom is -0.338 e. The van der Waals surface area contributed by atoms with Crippen LogP contribution < -0.4 is 5.32 Å². The van der Waals surface area contributed by atoms with Gasteiger partial charge < -0.3 is 10.2 Å². The van der Waals surface area contributed by atoms with Crippen LogP contribution in [-0.4, -0.2) is 47.2 Å². The molecule has 0 bridgehead atoms. The zero-order valence-electron chi connectivity index (χ0n) is 13.4. The van der Waals surface area contributed by atoms with Gasteiger partial charge >= 0.3 is 0 Å². The van der Waals surface area contributed by atoms with Crippen LogP contribution in [0.1, 0.15) is 47.9 Å². The maximum absolute atomic E-state index is 12.8. The van der Waals surface area contributed by atoms with Gasteiger partial charge in [0.05, 0.1) is 17.0 Å². The fourth-order valence-corrected chi connectivity index (χ4v) is 2.86. The van der Waals surface area contributed by atoms with Crippen LogP contribution in [0.3, 0.4) is 0 Å². The predicted octanol–water partition coefficient (Wildman–Crippen LogP) is 1.95. The van der Waals surface area contributed by atoms with Crippen molar-refractivity contribution in [3.63, 3.8) is 0 Å². The molecule has 0 atom stereocenters. The number of hydrogen-bond acceptors (Lipinski definition) is 4. The smallest absolute Gasteiger partial charge is 0.255 e. The van der Waals surface area contributed by atoms with Gasteiger partial charge in [0.15, 0.2) is 0 Å². The molecular weight excluding hydrogens is 264 g/mol. The third kappa shape index (κ3) is 4.24. The maximum Gasteiger partial charge on any atom is 0.255 e. The molecule has 5 heteroatoms. The lowest BCUT2D eigenvalue weighted by molar-refractivity contribution is 0.0715. The first-order valence-corrected chi connectivity index (χ1v) is 7.92. The minimum absolute atomic E-state index is 0.103. The highest BCUT2D eigenvalue weighted by Gasteiger charge is 2.23. The number of hydrogen-bond donors (Lipinski definition) is 1. The van der Waals surface area contributed by atoms with Crippen molar-refractivity contribution in [1.29, 1.82) is 0 Å². The van der Waals surface area contributed by atoms with Gasteiger partial charge in [-0.1, -0.05) is 6.92 Å². The summed E-state index contributed by atoms with van der Waals surface area (Å²) in [7, 11) is 0. The molecule has 0 unspecified atom stereocenters. The van der Waals surface area contributed by atoms with Crippen molar-refractivity contribution in [1.82, 2.24) is 20.4 Å². The summed E-state index contributed by atoms with van der Waals surface area (Å²) in [6.45, 7) is 9.64. The first kappa shape index (κ1) is 15.9. The van der Waals surface area contributed by atoms with Gasteiger partial charge in [0, 0.05) is 13.1 Å². The Labute approximate surface area is 127 Å². The number of amides is 1. The van der Waals surface area contributed by atoms with Crippen LogP contribution in [0.15, 0.2) is 6.07 Å². The van der Waals surface area contributed by atoms with Crippen LogP contribution in [0.4, 0.5) is 0 Å². The number of piperidine rings is 1. The standard InChI is InChI=1S/C16H26N4O/c1-4-9-20(11-14-5-7-17-8-6-14)16(21)15-10-12(2)18-19-13(15)3/h10,14,17H,4-9,11H2,1-3H3. The van der Waals surface area contributed by atoms with E-state index < -0.39 is 0 Å². The molecule has 0 saturated carbocycles. The summed E-state index contributed by atoms with van der Waals surface area (Å²) in [6.07, 6.45) is 3.29. The van der Waals surface area contributed by atoms with E-state index in [0.29, 0.717) is 11.5 Å². The van der Waals surface area contributed by atoms with Crippen molar-refractivity contribution >= 4 is 5.91 Å². The second kappa shape index (κ2) is 7.50. The third-order valence-corrected chi connectivity index (χ3v) is 4.05. The molecule has 1 N–H and O–H groups in total. The van der Waals surface area contributed by atoms with Crippen LogP contribution in [-0.2, 0) is 0 Å². The van der Waals surface area contributed by atoms with Gasteiger partial charge in [-0.05, 0) is 58.2 Å². The topological polar surface area (TPSA) is 58.1 Å². The predicted molar refractivity (Wildman–Crippen MR) is 83.3 cm³/mol. The zero-order valence-corrected chi connectivity index (χ0v) is 13.4. The van der Waals surface area contributed by atoms with E-state index in [4.69, 9.17) is 0 Å². The Morgan fingerprint density at radius 1 is 1.33 bits per heavy atom. The van der Waals surface area contributed by atoms with Gasteiger partial charge in [0.1, 0.15) is 0 Å². The molecule has 0 aromatic carbocycles. The summed E-state index contributed by atoms with van der Waals surface area (Å²) in [6, 6.07) is 1.86. The molecule has 1 aromatic rings. The molecule has 1 aliphatic rings. The molecule has 1 aliphatic heterocycles. The fourth-order valence-electron chi connectivity index (χ4n) is 2.86. The number of rotatable bonds is 5. The van der Waals surface area contributed by atoms with Crippen LogP contribution in [0.25, 0.3) is 0 Å². The molecule has 1 saturated heterocycles. The van der Waals surface area contributed by atoms with E-state index in [9.17, 15) is 4.79 Å². The Morgan fingerprint density at radius 3 is 2.71 bits per heavy atom. The van der Waals surface area contributed by atoms with E-state index >= 15 is 0 Å². The van der Waals surface area contributed by atoms with E-state index in [2.05, 4.69) is 22.4 Å². The molecule has 2 heterocycles. The Kier molecular flexibility index (Phi) is 5.67. The average molecular weight is 290 g/mol. The number of aromatic nitrogens is 2. The highest BCUT2D eigenvalue weighted by molar-refractivity contribution is 5.95. The minimum atomic E-state index is 0.103. The summed E-state index contributed by atoms with van der Waals surface area (Å²) in [5, 5.41) is 11.5. The third-order valence-electron chi connectivity index (χ3n) is 4.05. The van der Waals surface area contributed by atoms with Crippen LogP contribution in [0.2, 0.25) is 0 Å². The van der Waals surface area contributed by atoms with E-state index in [0.717, 1.165) is 56.8 Å². The number of nitrogens with one attached hydrogen (secondary N) is 1. The Hall–Kier alpha value is -1.49. The number of aryl methyl sites for hydroxylation is 2. The highest BCUT2D eigenvalue weighted by Crippen LogP contribution is 2.17. The van der Waals surface area contributed by atoms with Crippen LogP contribution in [0, 0.1) is 19.8 Å². The number of carbonyl (C=O) groups excluding carboxylic acids is 1. The lowest BCUT2D eigenvalue weighted by Gasteiger charge is -2.30. The highest BCUT2D eigenvalue weighted by atomic mass is 16.2. The summed E-state index contributed by atoms with van der Waals surface area (Å²) >= 11 is 0. The zero-order chi connectivity index (χ0) is 15.2. The van der Waals surface area contributed by atoms with Crippen LogP contribution in [0.5, 0.6) is 0 Å². The number of nitrogens with zero attached hydrogens (tertiary/aromatic N) is 3. The molecule has 0 radical (unpaired) electrons. The Balaban J connectivity index is 2.12. The van der Waals surface area contributed by atoms with Gasteiger partial charge in [0.2, 0.25) is 0 Å². The summed E-state index contributed by atoms with van der Waals surface area (Å²) < 4.78 is 0. The Morgan fingerprint density at radius 2 is 2.05 bits per heavy atom. The van der Waals surface area contributed by atoms with Crippen molar-refractivity contribution in [3.8, 4) is 0 Å². The largest absolute Gasteiger partial charge is 0.338 e. The quantitative estimate of drug-likeness (QED) is 0.900. The average Bonchev–Trinajstić information content (AvgIpc) is 2.49. The lowest BCUT2D eigenvalue weighted by Crippen LogP contribution is -2.40. The molecule has 2 rings (SSSR count). The van der Waals surface area contributed by atoms with Crippen molar-refractivity contribution in [2.75, 3.05) is 26.2 Å². The van der Waals surface area contributed by atoms with Crippen molar-refractivity contribution in [2.24, 2.45) is 5.92 Å². The second-order valence-corrected chi connectivity index (χ2v) is 5.93. The maximum atomic E-state index is 12.8. The van der Waals surface area contributed by atoms with Gasteiger partial charge in [-0.2, -0.15) is 10.2 Å². The second-order valence-electron chi connectivity index (χ2n) is 5.93. The SMILES string of the molecule is CCCN(CC1CCNCC1)C(=O)c1cc(C)nnc1C. The first-order valence-electron chi connectivity index (χ1n) is 7.92. The fraction of sp³-hybridized carbons (Fsp3) is 0.688. The Bertz CT molecular complexity index is 483. The normalized spacial score (nSPS) is 16.0. The summed E-state index contributed by atoms with van der Waals surface area (Å²) in [5.74, 6) is 0.712. The van der Waals surface area contributed by atoms with Crippen molar-refractivity contribution < 1.29 is 4.79 Å². The molecule has 1 fully saturated rings. The monoisotopic (exact) mass is 290 g/mol. The van der Waals surface area contributed by atoms with Gasteiger partial charge in [-0.15, -0.1) is 0 Å². The summed E-state index contributed by atoms with van der Waals surface area (Å²) in [5.41, 5.74) is 2.21. The number of carbonyl (C=O) groups is 1. The summed E-state index contributed by atoms with van der Waals surface area (Å²) in [4.78, 5) is 14.8.